The minimum absolute atomic E-state index is 1.18. The van der Waals surface area contributed by atoms with Gasteiger partial charge < -0.3 is 18.3 Å². The van der Waals surface area contributed by atoms with E-state index >= 15 is 0 Å². The number of fused-ring (bicyclic) bond motifs is 15. The van der Waals surface area contributed by atoms with Crippen molar-refractivity contribution in [3.63, 3.8) is 0 Å². The highest BCUT2D eigenvalue weighted by atomic mass is 15.0. The Labute approximate surface area is 507 Å². The van der Waals surface area contributed by atoms with Crippen LogP contribution in [0.1, 0.15) is 0 Å². The lowest BCUT2D eigenvalue weighted by atomic mass is 10.0. The Morgan fingerprint density at radius 2 is 0.455 bits per heavy atom. The molecule has 0 fully saturated rings. The van der Waals surface area contributed by atoms with Crippen LogP contribution in [0.4, 0.5) is 0 Å². The van der Waals surface area contributed by atoms with Gasteiger partial charge in [0.1, 0.15) is 0 Å². The van der Waals surface area contributed by atoms with Crippen molar-refractivity contribution in [2.24, 2.45) is 0 Å². The van der Waals surface area contributed by atoms with Crippen molar-refractivity contribution < 1.29 is 0 Å². The molecule has 0 spiro atoms. The van der Waals surface area contributed by atoms with Crippen LogP contribution in [0.15, 0.2) is 328 Å². The monoisotopic (exact) mass is 1120 g/mol. The average molecular weight is 1120 g/mol. The highest BCUT2D eigenvalue weighted by Crippen LogP contribution is 2.42. The van der Waals surface area contributed by atoms with E-state index in [0.29, 0.717) is 0 Å². The van der Waals surface area contributed by atoms with Crippen molar-refractivity contribution in [2.45, 2.75) is 0 Å². The second-order valence-corrected chi connectivity index (χ2v) is 23.2. The van der Waals surface area contributed by atoms with E-state index in [4.69, 9.17) is 0 Å². The van der Waals surface area contributed by atoms with Crippen LogP contribution < -0.4 is 0 Å². The molecule has 4 nitrogen and oxygen atoms in total. The van der Waals surface area contributed by atoms with Gasteiger partial charge in [0.15, 0.2) is 0 Å². The molecule has 4 heteroatoms. The molecule has 0 aliphatic carbocycles. The second-order valence-electron chi connectivity index (χ2n) is 23.2. The van der Waals surface area contributed by atoms with Crippen LogP contribution in [0.5, 0.6) is 0 Å². The van der Waals surface area contributed by atoms with Gasteiger partial charge in [-0.25, -0.2) is 0 Å². The molecule has 0 saturated carbocycles. The molecule has 0 aliphatic rings. The zero-order chi connectivity index (χ0) is 57.8. The first-order chi connectivity index (χ1) is 43.6. The summed E-state index contributed by atoms with van der Waals surface area (Å²) in [6.07, 6.45) is 0. The lowest BCUT2D eigenvalue weighted by molar-refractivity contribution is 1.18. The Balaban J connectivity index is 0.000000132. The molecule has 4 heterocycles. The predicted molar refractivity (Wildman–Crippen MR) is 374 cm³/mol. The van der Waals surface area contributed by atoms with Gasteiger partial charge in [-0.15, -0.1) is 0 Å². The minimum Gasteiger partial charge on any atom is -0.309 e. The Morgan fingerprint density at radius 3 is 0.886 bits per heavy atom. The molecule has 19 rings (SSSR count). The summed E-state index contributed by atoms with van der Waals surface area (Å²) in [4.78, 5) is 0. The Kier molecular flexibility index (Phi) is 11.3. The second kappa shape index (κ2) is 20.0. The summed E-state index contributed by atoms with van der Waals surface area (Å²) >= 11 is 0. The van der Waals surface area contributed by atoms with Crippen LogP contribution in [0.25, 0.3) is 165 Å². The molecule has 0 radical (unpaired) electrons. The Hall–Kier alpha value is -11.7. The predicted octanol–water partition coefficient (Wildman–Crippen LogP) is 22.6. The standard InChI is InChI=1S/C44H28N2.C40H26N2/c1-2-12-31-26-34(23-20-29(31)10-1)45-41-17-7-5-15-36(41)38-27-32(21-24-43(38)45)33-22-25-44-39(28-33)37-16-6-8-18-42(37)46(44)40-19-9-13-30-11-3-4-14-35(30)40;1-2-12-31(13-3-1)41-37-16-8-6-14-33(37)35-25-29(19-22-39(35)41)30-20-23-40-36(26-30)34-15-7-9-17-38(34)42(40)32-21-18-27-10-4-5-11-28(27)24-32/h1-28H;1-26H. The fourth-order valence-electron chi connectivity index (χ4n) is 14.3. The normalized spacial score (nSPS) is 11.9. The van der Waals surface area contributed by atoms with E-state index in [1.807, 2.05) is 0 Å². The smallest absolute Gasteiger partial charge is 0.0541 e. The van der Waals surface area contributed by atoms with E-state index in [9.17, 15) is 0 Å². The van der Waals surface area contributed by atoms with Crippen LogP contribution in [-0.2, 0) is 0 Å². The molecule has 19 aromatic rings. The molecule has 0 aliphatic heterocycles. The van der Waals surface area contributed by atoms with Gasteiger partial charge in [-0.2, -0.15) is 0 Å². The highest BCUT2D eigenvalue weighted by Gasteiger charge is 2.20. The highest BCUT2D eigenvalue weighted by molar-refractivity contribution is 6.15. The molecule has 0 bridgehead atoms. The van der Waals surface area contributed by atoms with Gasteiger partial charge in [-0.1, -0.05) is 212 Å². The molecule has 0 N–H and O–H groups in total. The summed E-state index contributed by atoms with van der Waals surface area (Å²) < 4.78 is 9.60. The fraction of sp³-hybridized carbons (Fsp3) is 0. The molecule has 4 aromatic heterocycles. The van der Waals surface area contributed by atoms with Crippen LogP contribution in [0.3, 0.4) is 0 Å². The van der Waals surface area contributed by atoms with E-state index in [1.54, 1.807) is 0 Å². The molecule has 0 amide bonds. The number of hydrogen-bond donors (Lipinski definition) is 0. The number of benzene rings is 15. The largest absolute Gasteiger partial charge is 0.309 e. The summed E-state index contributed by atoms with van der Waals surface area (Å²) in [5.41, 5.74) is 19.4. The zero-order valence-corrected chi connectivity index (χ0v) is 48.0. The van der Waals surface area contributed by atoms with Gasteiger partial charge in [0, 0.05) is 65.5 Å². The molecule has 0 atom stereocenters. The Morgan fingerprint density at radius 1 is 0.148 bits per heavy atom. The molecular weight excluding hydrogens is 1060 g/mol. The summed E-state index contributed by atoms with van der Waals surface area (Å²) in [5, 5.41) is 17.6. The quantitative estimate of drug-likeness (QED) is 0.158. The summed E-state index contributed by atoms with van der Waals surface area (Å²) in [6.45, 7) is 0. The maximum Gasteiger partial charge on any atom is 0.0541 e. The minimum atomic E-state index is 1.18. The first-order valence-electron chi connectivity index (χ1n) is 30.3. The third-order valence-electron chi connectivity index (χ3n) is 18.4. The number of rotatable bonds is 6. The SMILES string of the molecule is c1ccc(-n2c3ccccc3c3cc(-c4ccc5c(c4)c4ccccc4n5-c4ccc5ccccc5c4)ccc32)cc1.c1ccc2cc(-n3c4ccccc4c4cc(-c5ccc6c(c5)c5ccccc5n6-c5cccc6ccccc56)ccc43)ccc2c1. The van der Waals surface area contributed by atoms with Gasteiger partial charge in [-0.3, -0.25) is 0 Å². The van der Waals surface area contributed by atoms with Crippen molar-refractivity contribution in [1.82, 2.24) is 18.3 Å². The van der Waals surface area contributed by atoms with E-state index < -0.39 is 0 Å². The van der Waals surface area contributed by atoms with Crippen LogP contribution in [0.2, 0.25) is 0 Å². The topological polar surface area (TPSA) is 19.7 Å². The molecule has 0 saturated heterocycles. The molecular formula is C84H54N4. The van der Waals surface area contributed by atoms with Crippen molar-refractivity contribution in [2.75, 3.05) is 0 Å². The lowest BCUT2D eigenvalue weighted by Gasteiger charge is -2.12. The van der Waals surface area contributed by atoms with Crippen molar-refractivity contribution in [1.29, 1.82) is 0 Å². The maximum atomic E-state index is 2.43. The number of para-hydroxylation sites is 5. The summed E-state index contributed by atoms with van der Waals surface area (Å²) in [6, 6.07) is 119. The van der Waals surface area contributed by atoms with E-state index in [2.05, 4.69) is 346 Å². The van der Waals surface area contributed by atoms with Crippen molar-refractivity contribution in [3.05, 3.63) is 328 Å². The van der Waals surface area contributed by atoms with Gasteiger partial charge in [-0.05, 0) is 164 Å². The van der Waals surface area contributed by atoms with Crippen LogP contribution in [0, 0.1) is 0 Å². The van der Waals surface area contributed by atoms with E-state index in [1.165, 1.54) is 165 Å². The first-order valence-corrected chi connectivity index (χ1v) is 30.3. The molecule has 15 aromatic carbocycles. The summed E-state index contributed by atoms with van der Waals surface area (Å²) in [7, 11) is 0. The van der Waals surface area contributed by atoms with Gasteiger partial charge in [0.05, 0.1) is 49.8 Å². The third-order valence-corrected chi connectivity index (χ3v) is 18.4. The molecule has 88 heavy (non-hydrogen) atoms. The van der Waals surface area contributed by atoms with E-state index in [0.717, 1.165) is 0 Å². The van der Waals surface area contributed by atoms with E-state index in [-0.39, 0.29) is 0 Å². The number of hydrogen-bond acceptors (Lipinski definition) is 0. The average Bonchev–Trinajstić information content (AvgIpc) is 1.99. The number of nitrogens with zero attached hydrogens (tertiary/aromatic N) is 4. The van der Waals surface area contributed by atoms with Crippen LogP contribution in [-0.4, -0.2) is 18.3 Å². The lowest BCUT2D eigenvalue weighted by Crippen LogP contribution is -1.95. The zero-order valence-electron chi connectivity index (χ0n) is 48.0. The van der Waals surface area contributed by atoms with Crippen molar-refractivity contribution >= 4 is 120 Å². The molecule has 0 unspecified atom stereocenters. The number of aromatic nitrogens is 4. The van der Waals surface area contributed by atoms with Crippen LogP contribution >= 0.6 is 0 Å². The fourth-order valence-corrected chi connectivity index (χ4v) is 14.3. The Bertz CT molecular complexity index is 6000. The van der Waals surface area contributed by atoms with Gasteiger partial charge in [0.25, 0.3) is 0 Å². The maximum absolute atomic E-state index is 2.43. The first kappa shape index (κ1) is 49.7. The van der Waals surface area contributed by atoms with Gasteiger partial charge in [0.2, 0.25) is 0 Å². The van der Waals surface area contributed by atoms with Gasteiger partial charge >= 0.3 is 0 Å². The van der Waals surface area contributed by atoms with Crippen molar-refractivity contribution in [3.8, 4) is 45.0 Å². The summed E-state index contributed by atoms with van der Waals surface area (Å²) in [5.74, 6) is 0. The molecule has 410 valence electrons. The third kappa shape index (κ3) is 7.86.